The summed E-state index contributed by atoms with van der Waals surface area (Å²) in [4.78, 5) is 40.6. The summed E-state index contributed by atoms with van der Waals surface area (Å²) in [6.45, 7) is 7.53. The third-order valence-electron chi connectivity index (χ3n) is 4.91. The monoisotopic (exact) mass is 396 g/mol. The number of likely N-dealkylation sites (N-methyl/N-ethyl adjacent to an activating group) is 1. The lowest BCUT2D eigenvalue weighted by atomic mass is 9.90. The van der Waals surface area contributed by atoms with Crippen molar-refractivity contribution in [3.8, 4) is 0 Å². The topological polar surface area (TPSA) is 81.8 Å². The van der Waals surface area contributed by atoms with Crippen LogP contribution in [0, 0.1) is 0 Å². The van der Waals surface area contributed by atoms with E-state index in [0.717, 1.165) is 21.2 Å². The van der Waals surface area contributed by atoms with E-state index in [-0.39, 0.29) is 30.6 Å². The standard InChI is InChI=1S/C22H28N4O3/c1-21(2,3)23-18(27)13-25(5)14-26-19(28)22(4,24-20(26)29)17-11-10-15-8-6-7-9-16(15)12-17/h6-12H,13-14H2,1-5H3,(H,23,27)(H,24,29)/t22-/m0/s1. The normalized spacial score (nSPS) is 19.7. The Morgan fingerprint density at radius 1 is 1.14 bits per heavy atom. The predicted molar refractivity (Wildman–Crippen MR) is 112 cm³/mol. The highest BCUT2D eigenvalue weighted by atomic mass is 16.2. The number of nitrogens with one attached hydrogen (secondary N) is 2. The van der Waals surface area contributed by atoms with Crippen LogP contribution in [-0.4, -0.2) is 53.4 Å². The van der Waals surface area contributed by atoms with E-state index < -0.39 is 11.6 Å². The van der Waals surface area contributed by atoms with Crippen molar-refractivity contribution in [1.82, 2.24) is 20.4 Å². The first-order chi connectivity index (χ1) is 13.5. The van der Waals surface area contributed by atoms with E-state index in [4.69, 9.17) is 0 Å². The minimum absolute atomic E-state index is 0.0331. The Kier molecular flexibility index (Phi) is 5.36. The summed E-state index contributed by atoms with van der Waals surface area (Å²) in [7, 11) is 1.70. The molecule has 1 fully saturated rings. The van der Waals surface area contributed by atoms with Crippen LogP contribution in [0.2, 0.25) is 0 Å². The molecule has 29 heavy (non-hydrogen) atoms. The molecule has 7 heteroatoms. The van der Waals surface area contributed by atoms with Gasteiger partial charge < -0.3 is 10.6 Å². The zero-order valence-corrected chi connectivity index (χ0v) is 17.6. The number of fused-ring (bicyclic) bond motifs is 1. The molecule has 1 saturated heterocycles. The first-order valence-electron chi connectivity index (χ1n) is 9.62. The molecule has 2 aromatic carbocycles. The fraction of sp³-hybridized carbons (Fsp3) is 0.409. The van der Waals surface area contributed by atoms with Gasteiger partial charge in [0.25, 0.3) is 5.91 Å². The molecular formula is C22H28N4O3. The number of amides is 4. The second kappa shape index (κ2) is 7.48. The second-order valence-electron chi connectivity index (χ2n) is 8.80. The van der Waals surface area contributed by atoms with Crippen LogP contribution >= 0.6 is 0 Å². The molecule has 3 rings (SSSR count). The van der Waals surface area contributed by atoms with Gasteiger partial charge in [0.2, 0.25) is 5.91 Å². The van der Waals surface area contributed by atoms with Crippen LogP contribution < -0.4 is 10.6 Å². The Hall–Kier alpha value is -2.93. The van der Waals surface area contributed by atoms with E-state index in [1.165, 1.54) is 0 Å². The van der Waals surface area contributed by atoms with Gasteiger partial charge in [0.1, 0.15) is 5.54 Å². The fourth-order valence-electron chi connectivity index (χ4n) is 3.52. The number of rotatable bonds is 5. The van der Waals surface area contributed by atoms with Crippen LogP contribution in [0.15, 0.2) is 42.5 Å². The molecule has 0 radical (unpaired) electrons. The van der Waals surface area contributed by atoms with E-state index in [1.807, 2.05) is 63.2 Å². The van der Waals surface area contributed by atoms with Crippen LogP contribution in [0.5, 0.6) is 0 Å². The number of benzene rings is 2. The van der Waals surface area contributed by atoms with Gasteiger partial charge in [0, 0.05) is 5.54 Å². The van der Waals surface area contributed by atoms with Crippen LogP contribution in [0.25, 0.3) is 10.8 Å². The molecule has 1 atom stereocenters. The summed E-state index contributed by atoms with van der Waals surface area (Å²) < 4.78 is 0. The van der Waals surface area contributed by atoms with Gasteiger partial charge in [-0.2, -0.15) is 0 Å². The smallest absolute Gasteiger partial charge is 0.326 e. The highest BCUT2D eigenvalue weighted by Gasteiger charge is 2.49. The van der Waals surface area contributed by atoms with Crippen LogP contribution in [-0.2, 0) is 15.1 Å². The van der Waals surface area contributed by atoms with Crippen LogP contribution in [0.3, 0.4) is 0 Å². The third-order valence-corrected chi connectivity index (χ3v) is 4.91. The maximum atomic E-state index is 13.1. The zero-order valence-electron chi connectivity index (χ0n) is 17.6. The van der Waals surface area contributed by atoms with Crippen molar-refractivity contribution in [1.29, 1.82) is 0 Å². The summed E-state index contributed by atoms with van der Waals surface area (Å²) in [6, 6.07) is 13.1. The van der Waals surface area contributed by atoms with E-state index in [9.17, 15) is 14.4 Å². The minimum atomic E-state index is -1.14. The molecule has 0 saturated carbocycles. The number of hydrogen-bond donors (Lipinski definition) is 2. The maximum absolute atomic E-state index is 13.1. The van der Waals surface area contributed by atoms with Crippen LogP contribution in [0.4, 0.5) is 4.79 Å². The molecule has 0 spiro atoms. The molecular weight excluding hydrogens is 368 g/mol. The van der Waals surface area contributed by atoms with Crippen molar-refractivity contribution >= 4 is 28.6 Å². The van der Waals surface area contributed by atoms with Gasteiger partial charge in [-0.05, 0) is 57.1 Å². The largest absolute Gasteiger partial charge is 0.350 e. The van der Waals surface area contributed by atoms with Gasteiger partial charge in [0.15, 0.2) is 0 Å². The SMILES string of the molecule is CN(CC(=O)NC(C)(C)C)CN1C(=O)N[C@@](C)(c2ccc3ccccc3c2)C1=O. The summed E-state index contributed by atoms with van der Waals surface area (Å²) >= 11 is 0. The molecule has 2 aromatic rings. The van der Waals surface area contributed by atoms with E-state index in [0.29, 0.717) is 0 Å². The van der Waals surface area contributed by atoms with Crippen molar-refractivity contribution in [3.05, 3.63) is 48.0 Å². The number of carbonyl (C=O) groups is 3. The maximum Gasteiger partial charge on any atom is 0.326 e. The molecule has 1 aliphatic rings. The quantitative estimate of drug-likeness (QED) is 0.761. The molecule has 154 valence electrons. The van der Waals surface area contributed by atoms with Crippen molar-refractivity contribution in [2.75, 3.05) is 20.3 Å². The Balaban J connectivity index is 1.75. The average Bonchev–Trinajstić information content (AvgIpc) is 2.83. The lowest BCUT2D eigenvalue weighted by Crippen LogP contribution is -2.48. The van der Waals surface area contributed by atoms with Gasteiger partial charge in [-0.3, -0.25) is 14.5 Å². The molecule has 0 unspecified atom stereocenters. The Labute approximate surface area is 171 Å². The average molecular weight is 396 g/mol. The highest BCUT2D eigenvalue weighted by Crippen LogP contribution is 2.31. The van der Waals surface area contributed by atoms with Gasteiger partial charge >= 0.3 is 6.03 Å². The predicted octanol–water partition coefficient (Wildman–Crippen LogP) is 2.41. The van der Waals surface area contributed by atoms with Crippen molar-refractivity contribution in [3.63, 3.8) is 0 Å². The summed E-state index contributed by atoms with van der Waals surface area (Å²) in [5.41, 5.74) is -0.756. The third kappa shape index (κ3) is 4.40. The van der Waals surface area contributed by atoms with Crippen molar-refractivity contribution in [2.45, 2.75) is 38.8 Å². The lowest BCUT2D eigenvalue weighted by molar-refractivity contribution is -0.133. The fourth-order valence-corrected chi connectivity index (χ4v) is 3.52. The number of carbonyl (C=O) groups excluding carboxylic acids is 3. The van der Waals surface area contributed by atoms with Crippen molar-refractivity contribution in [2.24, 2.45) is 0 Å². The van der Waals surface area contributed by atoms with Gasteiger partial charge in [0.05, 0.1) is 13.2 Å². The number of hydrogen-bond acceptors (Lipinski definition) is 4. The van der Waals surface area contributed by atoms with Gasteiger partial charge in [-0.15, -0.1) is 0 Å². The second-order valence-corrected chi connectivity index (χ2v) is 8.80. The first kappa shape index (κ1) is 20.8. The molecule has 2 N–H and O–H groups in total. The Morgan fingerprint density at radius 3 is 2.45 bits per heavy atom. The molecule has 1 heterocycles. The summed E-state index contributed by atoms with van der Waals surface area (Å²) in [5, 5.41) is 7.76. The molecule has 0 aromatic heterocycles. The molecule has 7 nitrogen and oxygen atoms in total. The van der Waals surface area contributed by atoms with Crippen LogP contribution in [0.1, 0.15) is 33.3 Å². The van der Waals surface area contributed by atoms with Crippen molar-refractivity contribution < 1.29 is 14.4 Å². The molecule has 1 aliphatic heterocycles. The van der Waals surface area contributed by atoms with E-state index in [2.05, 4.69) is 10.6 Å². The van der Waals surface area contributed by atoms with Gasteiger partial charge in [-0.25, -0.2) is 9.69 Å². The molecule has 0 aliphatic carbocycles. The number of imide groups is 1. The van der Waals surface area contributed by atoms with Gasteiger partial charge in [-0.1, -0.05) is 36.4 Å². The summed E-state index contributed by atoms with van der Waals surface area (Å²) in [6.07, 6.45) is 0. The lowest BCUT2D eigenvalue weighted by Gasteiger charge is -2.26. The number of nitrogens with zero attached hydrogens (tertiary/aromatic N) is 2. The Morgan fingerprint density at radius 2 is 1.79 bits per heavy atom. The highest BCUT2D eigenvalue weighted by molar-refractivity contribution is 6.07. The zero-order chi connectivity index (χ0) is 21.4. The van der Waals surface area contributed by atoms with E-state index >= 15 is 0 Å². The Bertz CT molecular complexity index is 966. The molecule has 4 amide bonds. The number of urea groups is 1. The summed E-state index contributed by atoms with van der Waals surface area (Å²) in [5.74, 6) is -0.495. The van der Waals surface area contributed by atoms with E-state index in [1.54, 1.807) is 18.9 Å². The molecule has 0 bridgehead atoms. The first-order valence-corrected chi connectivity index (χ1v) is 9.62. The minimum Gasteiger partial charge on any atom is -0.350 e.